The number of aliphatic imine (C=N–C) groups is 2. The monoisotopic (exact) mass is 1130 g/mol. The highest BCUT2D eigenvalue weighted by molar-refractivity contribution is 5.86. The predicted molar refractivity (Wildman–Crippen MR) is 274 cm³/mol. The summed E-state index contributed by atoms with van der Waals surface area (Å²) in [6.07, 6.45) is -1.74. The first-order valence-electron chi connectivity index (χ1n) is 25.0. The first-order valence-corrected chi connectivity index (χ1v) is 25.0. The van der Waals surface area contributed by atoms with E-state index in [1.807, 2.05) is 0 Å². The maximum absolute atomic E-state index is 13.5. The number of hydrogen-bond acceptors (Lipinski definition) is 21. The first kappa shape index (κ1) is 68.2. The van der Waals surface area contributed by atoms with Crippen molar-refractivity contribution in [2.75, 3.05) is 105 Å². The van der Waals surface area contributed by atoms with E-state index in [2.05, 4.69) is 37.2 Å². The van der Waals surface area contributed by atoms with Gasteiger partial charge in [0.25, 0.3) is 0 Å². The van der Waals surface area contributed by atoms with Crippen molar-refractivity contribution in [1.82, 2.24) is 26.2 Å². The van der Waals surface area contributed by atoms with Gasteiger partial charge in [-0.2, -0.15) is 0 Å². The molecule has 2 rings (SSSR count). The molecule has 0 bridgehead atoms. The molecule has 2 aliphatic heterocycles. The van der Waals surface area contributed by atoms with Crippen molar-refractivity contribution in [2.24, 2.45) is 32.9 Å². The number of ether oxygens (including phenoxy) is 8. The van der Waals surface area contributed by atoms with Crippen LogP contribution in [0.5, 0.6) is 0 Å². The fourth-order valence-corrected chi connectivity index (χ4v) is 7.72. The van der Waals surface area contributed by atoms with Gasteiger partial charge < -0.3 is 118 Å². The van der Waals surface area contributed by atoms with Gasteiger partial charge in [-0.25, -0.2) is 19.6 Å². The van der Waals surface area contributed by atoms with E-state index in [0.717, 1.165) is 26.0 Å². The third-order valence-corrected chi connectivity index (χ3v) is 11.2. The Morgan fingerprint density at radius 2 is 1.06 bits per heavy atom. The Bertz CT molecular complexity index is 2120. The summed E-state index contributed by atoms with van der Waals surface area (Å²) in [6.45, 7) is 1.32. The Balaban J connectivity index is 2.07. The van der Waals surface area contributed by atoms with Gasteiger partial charge in [-0.05, 0) is 31.4 Å². The molecule has 32 nitrogen and oxygen atoms in total. The molecule has 2 heterocycles. The fraction of sp³-hybridized carbons (Fsp3) is 0.681. The van der Waals surface area contributed by atoms with E-state index >= 15 is 0 Å². The van der Waals surface area contributed by atoms with E-state index in [1.165, 1.54) is 4.90 Å². The average Bonchev–Trinajstić information content (AvgIpc) is 3.46. The lowest BCUT2D eigenvalue weighted by atomic mass is 9.92. The van der Waals surface area contributed by atoms with Crippen LogP contribution in [0, 0.1) is 12.3 Å². The molecule has 79 heavy (non-hydrogen) atoms. The van der Waals surface area contributed by atoms with Crippen LogP contribution in [0.1, 0.15) is 39.5 Å². The number of nitrogens with one attached hydrogen (secondary N) is 4. The summed E-state index contributed by atoms with van der Waals surface area (Å²) >= 11 is 0. The number of terminal acetylenes is 1. The molecule has 32 heteroatoms. The Morgan fingerprint density at radius 1 is 0.658 bits per heavy atom. The number of nitrogens with two attached hydrogens (primary N) is 4. The number of carboxylic acid groups (broad SMARTS) is 2. The van der Waals surface area contributed by atoms with Crippen LogP contribution >= 0.6 is 0 Å². The molecule has 0 aliphatic carbocycles. The summed E-state index contributed by atoms with van der Waals surface area (Å²) in [5.74, 6) is -5.96. The summed E-state index contributed by atoms with van der Waals surface area (Å²) in [6, 6.07) is -4.93. The molecule has 10 atom stereocenters. The summed E-state index contributed by atoms with van der Waals surface area (Å²) in [5, 5.41) is 71.0. The van der Waals surface area contributed by atoms with E-state index in [-0.39, 0.29) is 71.4 Å². The van der Waals surface area contributed by atoms with Crippen molar-refractivity contribution < 1.29 is 102 Å². The SMILES string of the molecule is C#CCOCCOCCOCCOCCC(=O)N(CCCCNC(=O)CO[C@@H]([C@@H]1OC(C(=O)O)=C[C@H](N=C(N)N)[C@H]1NC(C)=O)[C@H](O)CO)CCCNC(=O)CO[C@@H]([C@@H]1OC(C(=O)O)=C[C@H](N=C(N)N)[C@H]1NC(C)=O)[C@H](O)CO. The van der Waals surface area contributed by atoms with Crippen LogP contribution in [0.4, 0.5) is 0 Å². The molecule has 2 aliphatic rings. The Morgan fingerprint density at radius 3 is 1.46 bits per heavy atom. The van der Waals surface area contributed by atoms with Gasteiger partial charge in [0, 0.05) is 40.0 Å². The fourth-order valence-electron chi connectivity index (χ4n) is 7.72. The molecule has 0 saturated heterocycles. The third kappa shape index (κ3) is 26.5. The average molecular weight is 1130 g/mol. The number of unbranched alkanes of at least 4 members (excludes halogenated alkanes) is 1. The van der Waals surface area contributed by atoms with Crippen LogP contribution in [-0.4, -0.2) is 255 Å². The molecule has 0 aromatic carbocycles. The standard InChI is InChI=1S/C47H77N11O21/c1-4-13-72-15-17-74-19-20-75-18-16-73-14-8-37(67)58(12-7-10-53-36(66)26-77-41(32(64)24-60)43-39(55-28(3)62)30(57-47(50)51)22-34(79-43)45(70)71)11-6-5-9-52-35(65)25-76-40(31(63)23-59)42-38(54-27(2)61)29(56-46(48)49)21-33(78-42)44(68)69/h1,21-22,29-32,38-43,59-60,63-64H,5-20,23-26H2,2-3H3,(H,52,65)(H,53,66)(H,54,61)(H,55,62)(H,68,69)(H,70,71)(H4,48,49,56)(H4,50,51,57)/t29-,30-,31+,32+,38+,39+,40+,41+,42+,43+/m0/s1. The molecule has 0 radical (unpaired) electrons. The van der Waals surface area contributed by atoms with E-state index < -0.39 is 146 Å². The first-order chi connectivity index (χ1) is 37.6. The molecule has 0 unspecified atom stereocenters. The van der Waals surface area contributed by atoms with Gasteiger partial charge in [0.1, 0.15) is 44.2 Å². The van der Waals surface area contributed by atoms with Crippen molar-refractivity contribution in [1.29, 1.82) is 0 Å². The Kier molecular flexibility index (Phi) is 32.6. The maximum atomic E-state index is 13.5. The molecule has 0 saturated carbocycles. The minimum absolute atomic E-state index is 0.00390. The lowest BCUT2D eigenvalue weighted by Crippen LogP contribution is -2.60. The molecule has 0 aromatic rings. The predicted octanol–water partition coefficient (Wildman–Crippen LogP) is -7.19. The Hall–Kier alpha value is -6.93. The minimum atomic E-state index is -1.76. The summed E-state index contributed by atoms with van der Waals surface area (Å²) in [4.78, 5) is 97.3. The van der Waals surface area contributed by atoms with Crippen molar-refractivity contribution >= 4 is 53.4 Å². The minimum Gasteiger partial charge on any atom is -0.478 e. The summed E-state index contributed by atoms with van der Waals surface area (Å²) in [5.41, 5.74) is 22.2. The zero-order valence-electron chi connectivity index (χ0n) is 44.1. The quantitative estimate of drug-likeness (QED) is 0.0117. The van der Waals surface area contributed by atoms with Gasteiger partial charge in [0.2, 0.25) is 41.1 Å². The van der Waals surface area contributed by atoms with Crippen molar-refractivity contribution in [3.05, 3.63) is 23.7 Å². The van der Waals surface area contributed by atoms with Crippen LogP contribution in [0.15, 0.2) is 33.7 Å². The van der Waals surface area contributed by atoms with E-state index in [4.69, 9.17) is 67.3 Å². The highest BCUT2D eigenvalue weighted by Crippen LogP contribution is 2.28. The number of aliphatic hydroxyl groups excluding tert-OH is 4. The molecular weight excluding hydrogens is 1050 g/mol. The number of carboxylic acids is 2. The van der Waals surface area contributed by atoms with Crippen molar-refractivity contribution in [2.45, 2.75) is 100 Å². The van der Waals surface area contributed by atoms with Gasteiger partial charge in [0.05, 0.1) is 90.1 Å². The second kappa shape index (κ2) is 37.8. The van der Waals surface area contributed by atoms with Crippen LogP contribution in [-0.2, 0) is 71.5 Å². The molecule has 0 aromatic heterocycles. The van der Waals surface area contributed by atoms with Crippen LogP contribution in [0.2, 0.25) is 0 Å². The molecule has 5 amide bonds. The molecular formula is C47H77N11O21. The van der Waals surface area contributed by atoms with Gasteiger partial charge in [-0.15, -0.1) is 6.42 Å². The smallest absolute Gasteiger partial charge is 0.370 e. The van der Waals surface area contributed by atoms with E-state index in [1.54, 1.807) is 0 Å². The lowest BCUT2D eigenvalue weighted by Gasteiger charge is -2.40. The number of carbonyl (C=O) groups excluding carboxylic acids is 5. The molecule has 0 fully saturated rings. The second-order valence-electron chi connectivity index (χ2n) is 17.4. The number of guanidine groups is 2. The van der Waals surface area contributed by atoms with Gasteiger partial charge in [-0.1, -0.05) is 5.92 Å². The van der Waals surface area contributed by atoms with E-state index in [0.29, 0.717) is 39.3 Å². The number of rotatable bonds is 40. The van der Waals surface area contributed by atoms with Crippen LogP contribution in [0.25, 0.3) is 0 Å². The summed E-state index contributed by atoms with van der Waals surface area (Å²) < 4.78 is 44.1. The highest BCUT2D eigenvalue weighted by Gasteiger charge is 2.47. The van der Waals surface area contributed by atoms with Crippen LogP contribution < -0.4 is 44.2 Å². The number of hydrogen-bond donors (Lipinski definition) is 14. The summed E-state index contributed by atoms with van der Waals surface area (Å²) in [7, 11) is 0. The topological polar surface area (TPSA) is 495 Å². The van der Waals surface area contributed by atoms with Gasteiger partial charge in [-0.3, -0.25) is 24.0 Å². The Labute approximate surface area is 455 Å². The zero-order chi connectivity index (χ0) is 58.9. The van der Waals surface area contributed by atoms with Crippen molar-refractivity contribution in [3.8, 4) is 12.3 Å². The number of carbonyl (C=O) groups is 7. The van der Waals surface area contributed by atoms with E-state index in [9.17, 15) is 64.2 Å². The van der Waals surface area contributed by atoms with Gasteiger partial charge in [0.15, 0.2) is 24.1 Å². The lowest BCUT2D eigenvalue weighted by molar-refractivity contribution is -0.158. The number of aliphatic hydroxyl groups is 4. The largest absolute Gasteiger partial charge is 0.478 e. The number of aliphatic carboxylic acids is 2. The zero-order valence-corrected chi connectivity index (χ0v) is 44.1. The maximum Gasteiger partial charge on any atom is 0.370 e. The number of nitrogens with zero attached hydrogens (tertiary/aromatic N) is 3. The van der Waals surface area contributed by atoms with Crippen LogP contribution in [0.3, 0.4) is 0 Å². The second-order valence-corrected chi connectivity index (χ2v) is 17.4. The molecule has 0 spiro atoms. The van der Waals surface area contributed by atoms with Gasteiger partial charge >= 0.3 is 11.9 Å². The third-order valence-electron chi connectivity index (χ3n) is 11.2. The molecule has 446 valence electrons. The molecule has 18 N–H and O–H groups in total. The number of amides is 5. The normalized spacial score (nSPS) is 20.1. The van der Waals surface area contributed by atoms with Crippen molar-refractivity contribution in [3.63, 3.8) is 0 Å². The highest BCUT2D eigenvalue weighted by atomic mass is 16.6.